The van der Waals surface area contributed by atoms with Gasteiger partial charge in [0, 0.05) is 24.2 Å². The molecule has 0 bridgehead atoms. The maximum atomic E-state index is 13.1. The quantitative estimate of drug-likeness (QED) is 0.0877. The molecule has 13 atom stereocenters. The van der Waals surface area contributed by atoms with E-state index < -0.39 is 0 Å². The number of carbonyl (C=O) groups excluding carboxylic acids is 1. The minimum absolute atomic E-state index is 0.000489. The van der Waals surface area contributed by atoms with E-state index in [-0.39, 0.29) is 65.1 Å². The fourth-order valence-corrected chi connectivity index (χ4v) is 13.3. The normalized spacial score (nSPS) is 34.3. The Hall–Kier alpha value is -4.07. The molecular formula is C57H70O6. The molecule has 5 aliphatic rings. The lowest BCUT2D eigenvalue weighted by atomic mass is 9.42. The van der Waals surface area contributed by atoms with Crippen LogP contribution < -0.4 is 0 Å². The first-order chi connectivity index (χ1) is 30.6. The maximum Gasteiger partial charge on any atom is 0.306 e. The van der Waals surface area contributed by atoms with Crippen molar-refractivity contribution in [1.29, 1.82) is 0 Å². The van der Waals surface area contributed by atoms with Crippen LogP contribution >= 0.6 is 0 Å². The van der Waals surface area contributed by atoms with Crippen molar-refractivity contribution in [3.8, 4) is 0 Å². The van der Waals surface area contributed by atoms with Crippen molar-refractivity contribution in [1.82, 2.24) is 0 Å². The van der Waals surface area contributed by atoms with E-state index >= 15 is 0 Å². The second-order valence-electron chi connectivity index (χ2n) is 20.6. The number of carbonyl (C=O) groups is 1. The van der Waals surface area contributed by atoms with E-state index in [1.165, 1.54) is 27.8 Å². The van der Waals surface area contributed by atoms with E-state index in [1.807, 2.05) is 0 Å². The van der Waals surface area contributed by atoms with Gasteiger partial charge in [-0.2, -0.15) is 0 Å². The minimum atomic E-state index is -0.209. The average molecular weight is 851 g/mol. The van der Waals surface area contributed by atoms with Crippen molar-refractivity contribution in [3.05, 3.63) is 155 Å². The molecule has 6 heteroatoms. The molecule has 0 amide bonds. The number of fused-ring (bicyclic) bond motifs is 5. The van der Waals surface area contributed by atoms with Gasteiger partial charge in [-0.3, -0.25) is 4.79 Å². The number of benzene rings is 4. The summed E-state index contributed by atoms with van der Waals surface area (Å²) in [4.78, 5) is 13.1. The maximum absolute atomic E-state index is 13.1. The SMILES string of the molecule is CC(C)C1CC(=O)OC(C(C)C2=CCC3C4C(OCc5ccccc5)C(OCc5ccccc5)C5CC(OCc6ccccc6)CC(OCc6ccccc6)C5(C)C4CCC23C)C1. The van der Waals surface area contributed by atoms with Crippen LogP contribution in [0.5, 0.6) is 0 Å². The highest BCUT2D eigenvalue weighted by atomic mass is 16.5. The summed E-state index contributed by atoms with van der Waals surface area (Å²) in [6.45, 7) is 14.1. The molecule has 1 saturated heterocycles. The first-order valence-electron chi connectivity index (χ1n) is 24.1. The third-order valence-corrected chi connectivity index (χ3v) is 16.8. The monoisotopic (exact) mass is 851 g/mol. The highest BCUT2D eigenvalue weighted by Crippen LogP contribution is 2.68. The Morgan fingerprint density at radius 3 is 1.70 bits per heavy atom. The van der Waals surface area contributed by atoms with Gasteiger partial charge in [0.25, 0.3) is 0 Å². The Bertz CT molecular complexity index is 2120. The predicted molar refractivity (Wildman–Crippen MR) is 248 cm³/mol. The van der Waals surface area contributed by atoms with Gasteiger partial charge in [0.05, 0.1) is 50.8 Å². The second kappa shape index (κ2) is 19.2. The molecule has 13 unspecified atom stereocenters. The summed E-state index contributed by atoms with van der Waals surface area (Å²) >= 11 is 0. The summed E-state index contributed by atoms with van der Waals surface area (Å²) < 4.78 is 35.5. The topological polar surface area (TPSA) is 63.2 Å². The van der Waals surface area contributed by atoms with Crippen LogP contribution in [0, 0.1) is 52.3 Å². The number of hydrogen-bond acceptors (Lipinski definition) is 6. The van der Waals surface area contributed by atoms with E-state index in [0.717, 1.165) is 38.5 Å². The Kier molecular flexibility index (Phi) is 13.4. The van der Waals surface area contributed by atoms with E-state index in [0.29, 0.717) is 56.5 Å². The van der Waals surface area contributed by atoms with Crippen LogP contribution in [0.15, 0.2) is 133 Å². The van der Waals surface area contributed by atoms with Gasteiger partial charge in [0.2, 0.25) is 0 Å². The zero-order valence-electron chi connectivity index (χ0n) is 38.3. The number of cyclic esters (lactones) is 1. The lowest BCUT2D eigenvalue weighted by molar-refractivity contribution is -0.282. The van der Waals surface area contributed by atoms with Crippen molar-refractivity contribution in [2.45, 2.75) is 137 Å². The second-order valence-corrected chi connectivity index (χ2v) is 20.6. The third kappa shape index (κ3) is 9.12. The van der Waals surface area contributed by atoms with Gasteiger partial charge in [-0.1, -0.05) is 168 Å². The van der Waals surface area contributed by atoms with Crippen LogP contribution in [0.4, 0.5) is 0 Å². The first kappa shape index (κ1) is 44.1. The predicted octanol–water partition coefficient (Wildman–Crippen LogP) is 12.4. The lowest BCUT2D eigenvalue weighted by Crippen LogP contribution is -2.69. The molecule has 334 valence electrons. The van der Waals surface area contributed by atoms with Crippen molar-refractivity contribution in [2.75, 3.05) is 0 Å². The van der Waals surface area contributed by atoms with Crippen LogP contribution in [0.3, 0.4) is 0 Å². The summed E-state index contributed by atoms with van der Waals surface area (Å²) in [5, 5.41) is 0. The smallest absolute Gasteiger partial charge is 0.306 e. The van der Waals surface area contributed by atoms with Gasteiger partial charge in [-0.25, -0.2) is 0 Å². The molecule has 3 saturated carbocycles. The van der Waals surface area contributed by atoms with Crippen molar-refractivity contribution >= 4 is 5.97 Å². The van der Waals surface area contributed by atoms with E-state index in [9.17, 15) is 4.79 Å². The molecule has 0 aromatic heterocycles. The third-order valence-electron chi connectivity index (χ3n) is 16.8. The summed E-state index contributed by atoms with van der Waals surface area (Å²) in [7, 11) is 0. The standard InChI is InChI=1S/C57H70O6/c1-38(2)44-30-50(63-52(58)31-44)39(3)46-26-27-47-53-48(28-29-56(46,47)4)57(5)49(54(61-36-42-22-14-8-15-23-42)55(53)62-37-43-24-16-9-17-25-43)32-45(59-34-40-18-10-6-11-19-40)33-51(57)60-35-41-20-12-7-13-21-41/h6-26,38-39,44-45,47-51,53-55H,27-37H2,1-5H3. The largest absolute Gasteiger partial charge is 0.462 e. The summed E-state index contributed by atoms with van der Waals surface area (Å²) in [6, 6.07) is 42.6. The molecule has 4 aromatic carbocycles. The van der Waals surface area contributed by atoms with E-state index in [2.05, 4.69) is 162 Å². The molecule has 6 nitrogen and oxygen atoms in total. The number of allylic oxidation sites excluding steroid dienone is 1. The molecule has 4 fully saturated rings. The van der Waals surface area contributed by atoms with Crippen LogP contribution in [0.2, 0.25) is 0 Å². The fraction of sp³-hybridized carbons (Fsp3) is 0.526. The van der Waals surface area contributed by atoms with Crippen LogP contribution in [-0.4, -0.2) is 36.5 Å². The highest BCUT2D eigenvalue weighted by Gasteiger charge is 2.68. The van der Waals surface area contributed by atoms with E-state index in [4.69, 9.17) is 23.7 Å². The summed E-state index contributed by atoms with van der Waals surface area (Å²) in [5.41, 5.74) is 5.94. The number of hydrogen-bond donors (Lipinski definition) is 0. The Labute approximate surface area is 377 Å². The van der Waals surface area contributed by atoms with Gasteiger partial charge in [-0.05, 0) is 95.3 Å². The van der Waals surface area contributed by atoms with Gasteiger partial charge in [0.15, 0.2) is 0 Å². The summed E-state index contributed by atoms with van der Waals surface area (Å²) in [5.74, 6) is 1.96. The number of esters is 1. The molecule has 0 N–H and O–H groups in total. The van der Waals surface area contributed by atoms with Crippen LogP contribution in [0.25, 0.3) is 0 Å². The first-order valence-corrected chi connectivity index (χ1v) is 24.1. The Morgan fingerprint density at radius 1 is 0.619 bits per heavy atom. The molecule has 4 aliphatic carbocycles. The van der Waals surface area contributed by atoms with Crippen LogP contribution in [-0.2, 0) is 54.9 Å². The molecule has 9 rings (SSSR count). The fourth-order valence-electron chi connectivity index (χ4n) is 13.3. The molecular weight excluding hydrogens is 781 g/mol. The van der Waals surface area contributed by atoms with Crippen molar-refractivity contribution < 1.29 is 28.5 Å². The molecule has 0 radical (unpaired) electrons. The average Bonchev–Trinajstić information content (AvgIpc) is 3.67. The minimum Gasteiger partial charge on any atom is -0.462 e. The Balaban J connectivity index is 1.10. The van der Waals surface area contributed by atoms with Crippen molar-refractivity contribution in [2.24, 2.45) is 52.3 Å². The van der Waals surface area contributed by atoms with Gasteiger partial charge in [0.1, 0.15) is 6.10 Å². The van der Waals surface area contributed by atoms with Crippen LogP contribution in [0.1, 0.15) is 102 Å². The molecule has 0 spiro atoms. The van der Waals surface area contributed by atoms with E-state index in [1.54, 1.807) is 0 Å². The molecule has 1 aliphatic heterocycles. The lowest BCUT2D eigenvalue weighted by Gasteiger charge is -2.66. The molecule has 1 heterocycles. The zero-order valence-corrected chi connectivity index (χ0v) is 38.3. The summed E-state index contributed by atoms with van der Waals surface area (Å²) in [6.07, 6.45) is 8.41. The Morgan fingerprint density at radius 2 is 1.14 bits per heavy atom. The van der Waals surface area contributed by atoms with Crippen molar-refractivity contribution in [3.63, 3.8) is 0 Å². The van der Waals surface area contributed by atoms with Gasteiger partial charge in [-0.15, -0.1) is 0 Å². The highest BCUT2D eigenvalue weighted by molar-refractivity contribution is 5.70. The number of rotatable bonds is 15. The number of ether oxygens (including phenoxy) is 5. The molecule has 4 aromatic rings. The van der Waals surface area contributed by atoms with Gasteiger partial charge >= 0.3 is 5.97 Å². The van der Waals surface area contributed by atoms with Gasteiger partial charge < -0.3 is 23.7 Å². The zero-order chi connectivity index (χ0) is 43.6. The molecule has 63 heavy (non-hydrogen) atoms.